The quantitative estimate of drug-likeness (QED) is 0.868. The van der Waals surface area contributed by atoms with Gasteiger partial charge >= 0.3 is 0 Å². The molecule has 24 heavy (non-hydrogen) atoms. The van der Waals surface area contributed by atoms with E-state index < -0.39 is 0 Å². The topological polar surface area (TPSA) is 55.8 Å². The van der Waals surface area contributed by atoms with Gasteiger partial charge in [-0.2, -0.15) is 0 Å². The standard InChI is InChI=1S/C19H19NO4/c1-12(21)20-15(13-7-5-4-6-8-13)10-17(22)14-9-18(23-2)19(24-3)11-16(14)20/h4-9,11,15H,10H2,1-3H3/t15-/m0/s1. The van der Waals surface area contributed by atoms with Crippen LogP contribution in [0.15, 0.2) is 42.5 Å². The average molecular weight is 325 g/mol. The second kappa shape index (κ2) is 6.35. The lowest BCUT2D eigenvalue weighted by atomic mass is 9.90. The highest BCUT2D eigenvalue weighted by molar-refractivity contribution is 6.09. The highest BCUT2D eigenvalue weighted by Crippen LogP contribution is 2.43. The maximum Gasteiger partial charge on any atom is 0.224 e. The summed E-state index contributed by atoms with van der Waals surface area (Å²) >= 11 is 0. The van der Waals surface area contributed by atoms with Gasteiger partial charge in [-0.25, -0.2) is 0 Å². The van der Waals surface area contributed by atoms with Crippen molar-refractivity contribution in [1.29, 1.82) is 0 Å². The van der Waals surface area contributed by atoms with E-state index in [9.17, 15) is 9.59 Å². The molecule has 0 saturated heterocycles. The van der Waals surface area contributed by atoms with Gasteiger partial charge in [-0.3, -0.25) is 9.59 Å². The molecule has 0 saturated carbocycles. The van der Waals surface area contributed by atoms with E-state index in [-0.39, 0.29) is 24.2 Å². The number of rotatable bonds is 3. The third kappa shape index (κ3) is 2.62. The van der Waals surface area contributed by atoms with E-state index >= 15 is 0 Å². The Morgan fingerprint density at radius 3 is 2.29 bits per heavy atom. The molecule has 1 heterocycles. The number of methoxy groups -OCH3 is 2. The smallest absolute Gasteiger partial charge is 0.224 e. The van der Waals surface area contributed by atoms with Crippen LogP contribution in [-0.4, -0.2) is 25.9 Å². The van der Waals surface area contributed by atoms with Crippen LogP contribution in [0.25, 0.3) is 0 Å². The Bertz CT molecular complexity index is 785. The first-order chi connectivity index (χ1) is 11.6. The molecule has 1 aliphatic rings. The van der Waals surface area contributed by atoms with E-state index in [1.165, 1.54) is 21.1 Å². The van der Waals surface area contributed by atoms with Gasteiger partial charge in [-0.05, 0) is 11.6 Å². The summed E-state index contributed by atoms with van der Waals surface area (Å²) in [7, 11) is 3.05. The molecular weight excluding hydrogens is 306 g/mol. The molecule has 5 heteroatoms. The van der Waals surface area contributed by atoms with E-state index in [0.29, 0.717) is 22.7 Å². The molecule has 2 aromatic carbocycles. The number of hydrogen-bond donors (Lipinski definition) is 0. The molecule has 0 N–H and O–H groups in total. The van der Waals surface area contributed by atoms with Gasteiger partial charge in [0.2, 0.25) is 5.91 Å². The molecule has 0 radical (unpaired) electrons. The molecule has 124 valence electrons. The van der Waals surface area contributed by atoms with Crippen molar-refractivity contribution in [3.63, 3.8) is 0 Å². The Morgan fingerprint density at radius 2 is 1.71 bits per heavy atom. The normalized spacial score (nSPS) is 16.5. The van der Waals surface area contributed by atoms with Gasteiger partial charge < -0.3 is 14.4 Å². The molecule has 3 rings (SSSR count). The number of benzene rings is 2. The minimum absolute atomic E-state index is 0.0164. The van der Waals surface area contributed by atoms with E-state index in [1.54, 1.807) is 17.0 Å². The van der Waals surface area contributed by atoms with Gasteiger partial charge in [0.25, 0.3) is 0 Å². The van der Waals surface area contributed by atoms with E-state index in [2.05, 4.69) is 0 Å². The van der Waals surface area contributed by atoms with Crippen LogP contribution in [0.3, 0.4) is 0 Å². The van der Waals surface area contributed by atoms with Crippen molar-refractivity contribution in [3.8, 4) is 11.5 Å². The summed E-state index contributed by atoms with van der Waals surface area (Å²) in [6.07, 6.45) is 0.242. The molecule has 0 unspecified atom stereocenters. The van der Waals surface area contributed by atoms with Gasteiger partial charge in [-0.1, -0.05) is 30.3 Å². The minimum atomic E-state index is -0.318. The van der Waals surface area contributed by atoms with Crippen LogP contribution in [0.5, 0.6) is 11.5 Å². The first-order valence-corrected chi connectivity index (χ1v) is 7.70. The van der Waals surface area contributed by atoms with Crippen LogP contribution in [0.2, 0.25) is 0 Å². The Morgan fingerprint density at radius 1 is 1.08 bits per heavy atom. The lowest BCUT2D eigenvalue weighted by Crippen LogP contribution is -2.39. The van der Waals surface area contributed by atoms with Crippen LogP contribution in [-0.2, 0) is 4.79 Å². The Balaban J connectivity index is 2.18. The fraction of sp³-hybridized carbons (Fsp3) is 0.263. The third-order valence-electron chi connectivity index (χ3n) is 4.28. The fourth-order valence-corrected chi connectivity index (χ4v) is 3.17. The van der Waals surface area contributed by atoms with Crippen LogP contribution >= 0.6 is 0 Å². The summed E-state index contributed by atoms with van der Waals surface area (Å²) in [5, 5.41) is 0. The number of hydrogen-bond acceptors (Lipinski definition) is 4. The van der Waals surface area contributed by atoms with Gasteiger partial charge in [-0.15, -0.1) is 0 Å². The summed E-state index contributed by atoms with van der Waals surface area (Å²) in [5.41, 5.74) is 1.97. The average Bonchev–Trinajstić information content (AvgIpc) is 2.60. The number of fused-ring (bicyclic) bond motifs is 1. The number of amides is 1. The first kappa shape index (κ1) is 16.1. The highest BCUT2D eigenvalue weighted by atomic mass is 16.5. The van der Waals surface area contributed by atoms with Crippen molar-refractivity contribution in [2.24, 2.45) is 0 Å². The van der Waals surface area contributed by atoms with Crippen molar-refractivity contribution >= 4 is 17.4 Å². The molecule has 0 spiro atoms. The molecule has 2 aromatic rings. The number of carbonyl (C=O) groups excluding carboxylic acids is 2. The maximum absolute atomic E-state index is 12.7. The fourth-order valence-electron chi connectivity index (χ4n) is 3.17. The van der Waals surface area contributed by atoms with E-state index in [1.807, 2.05) is 30.3 Å². The summed E-state index contributed by atoms with van der Waals surface area (Å²) in [4.78, 5) is 26.7. The van der Waals surface area contributed by atoms with Gasteiger partial charge in [0, 0.05) is 25.0 Å². The number of carbonyl (C=O) groups is 2. The highest BCUT2D eigenvalue weighted by Gasteiger charge is 2.35. The van der Waals surface area contributed by atoms with Gasteiger partial charge in [0.05, 0.1) is 25.9 Å². The Hall–Kier alpha value is -2.82. The molecule has 1 atom stereocenters. The molecule has 0 aromatic heterocycles. The lowest BCUT2D eigenvalue weighted by Gasteiger charge is -2.36. The molecule has 0 fully saturated rings. The minimum Gasteiger partial charge on any atom is -0.493 e. The number of anilines is 1. The second-order valence-corrected chi connectivity index (χ2v) is 5.67. The van der Waals surface area contributed by atoms with E-state index in [4.69, 9.17) is 9.47 Å². The predicted octanol–water partition coefficient (Wildman–Crippen LogP) is 3.38. The second-order valence-electron chi connectivity index (χ2n) is 5.67. The zero-order chi connectivity index (χ0) is 17.3. The van der Waals surface area contributed by atoms with Crippen molar-refractivity contribution in [2.45, 2.75) is 19.4 Å². The van der Waals surface area contributed by atoms with Crippen LogP contribution < -0.4 is 14.4 Å². The van der Waals surface area contributed by atoms with Crippen molar-refractivity contribution < 1.29 is 19.1 Å². The summed E-state index contributed by atoms with van der Waals surface area (Å²) < 4.78 is 10.6. The van der Waals surface area contributed by atoms with Crippen molar-refractivity contribution in [2.75, 3.05) is 19.1 Å². The van der Waals surface area contributed by atoms with Gasteiger partial charge in [0.1, 0.15) is 0 Å². The SMILES string of the molecule is COc1cc2c(cc1OC)N(C(C)=O)[C@H](c1ccccc1)CC2=O. The monoisotopic (exact) mass is 325 g/mol. The lowest BCUT2D eigenvalue weighted by molar-refractivity contribution is -0.117. The molecule has 0 aliphatic carbocycles. The van der Waals surface area contributed by atoms with Crippen molar-refractivity contribution in [3.05, 3.63) is 53.6 Å². The maximum atomic E-state index is 12.7. The zero-order valence-corrected chi connectivity index (χ0v) is 13.9. The molecule has 0 bridgehead atoms. The molecular formula is C19H19NO4. The zero-order valence-electron chi connectivity index (χ0n) is 13.9. The number of Topliss-reactive ketones (excluding diaryl/α,β-unsaturated/α-hetero) is 1. The Labute approximate surface area is 140 Å². The van der Waals surface area contributed by atoms with Crippen LogP contribution in [0.1, 0.15) is 35.3 Å². The first-order valence-electron chi connectivity index (χ1n) is 7.70. The van der Waals surface area contributed by atoms with Crippen molar-refractivity contribution in [1.82, 2.24) is 0 Å². The largest absolute Gasteiger partial charge is 0.493 e. The number of ether oxygens (including phenoxy) is 2. The summed E-state index contributed by atoms with van der Waals surface area (Å²) in [5.74, 6) is 0.831. The summed E-state index contributed by atoms with van der Waals surface area (Å²) in [6, 6.07) is 12.6. The molecule has 1 amide bonds. The number of ketones is 1. The van der Waals surface area contributed by atoms with Crippen LogP contribution in [0.4, 0.5) is 5.69 Å². The van der Waals surface area contributed by atoms with Crippen LogP contribution in [0, 0.1) is 0 Å². The third-order valence-corrected chi connectivity index (χ3v) is 4.28. The van der Waals surface area contributed by atoms with Gasteiger partial charge in [0.15, 0.2) is 17.3 Å². The number of nitrogens with zero attached hydrogens (tertiary/aromatic N) is 1. The predicted molar refractivity (Wildman–Crippen MR) is 90.8 cm³/mol. The van der Waals surface area contributed by atoms with E-state index in [0.717, 1.165) is 5.56 Å². The Kier molecular flexibility index (Phi) is 4.25. The molecule has 5 nitrogen and oxygen atoms in total. The summed E-state index contributed by atoms with van der Waals surface area (Å²) in [6.45, 7) is 1.51. The molecule has 1 aliphatic heterocycles.